The van der Waals surface area contributed by atoms with Gasteiger partial charge >= 0.3 is 70.6 Å². The summed E-state index contributed by atoms with van der Waals surface area (Å²) >= 11 is 0.0287. The van der Waals surface area contributed by atoms with E-state index in [0.717, 1.165) is 0 Å². The number of hydrogen-bond donors (Lipinski definition) is 0. The third-order valence-corrected chi connectivity index (χ3v) is 12.8. The van der Waals surface area contributed by atoms with Crippen LogP contribution in [0.1, 0.15) is 44.5 Å². The van der Waals surface area contributed by atoms with Crippen LogP contribution in [0.2, 0.25) is 0 Å². The Morgan fingerprint density at radius 3 is 0.529 bits per heavy atom. The average Bonchev–Trinajstić information content (AvgIpc) is 3.22. The second-order valence-electron chi connectivity index (χ2n) is 14.9. The van der Waals surface area contributed by atoms with Crippen LogP contribution in [0.5, 0.6) is 0 Å². The lowest BCUT2D eigenvalue weighted by Crippen LogP contribution is -3.61. The molecule has 0 saturated carbocycles. The standard InChI is InChI=1S/C32H12BF24.C12H10I/c34-25(35,36)13-1-14(26(37,38)39)6-21(5-13)33(22-7-15(27(40,41)42)2-16(8-22)28(43,44)45,23-9-17(29(46,47)48)3-18(10-23)30(49,50)51)24-11-19(31(52,53)54)4-20(12-24)32(55,56)57;1-3-7-11(8-4-1)13-12-9-5-2-6-10-12/h1-12H;1-10H/q-1;+1. The first-order chi connectivity index (χ1) is 31.7. The fourth-order valence-electron chi connectivity index (χ4n) is 7.15. The Morgan fingerprint density at radius 2 is 0.386 bits per heavy atom. The summed E-state index contributed by atoms with van der Waals surface area (Å²) in [4.78, 5) is 0. The highest BCUT2D eigenvalue weighted by molar-refractivity contribution is 7.20. The highest BCUT2D eigenvalue weighted by Gasteiger charge is 2.47. The van der Waals surface area contributed by atoms with E-state index in [0.29, 0.717) is 0 Å². The van der Waals surface area contributed by atoms with Crippen molar-refractivity contribution in [3.05, 3.63) is 185 Å². The molecule has 6 aromatic rings. The Labute approximate surface area is 388 Å². The van der Waals surface area contributed by atoms with Gasteiger partial charge in [-0.25, -0.2) is 0 Å². The molecule has 0 aliphatic carbocycles. The highest BCUT2D eigenvalue weighted by Crippen LogP contribution is 2.41. The van der Waals surface area contributed by atoms with Gasteiger partial charge in [0.15, 0.2) is 7.14 Å². The lowest BCUT2D eigenvalue weighted by atomic mass is 9.12. The van der Waals surface area contributed by atoms with Gasteiger partial charge in [-0.05, 0) is 48.5 Å². The van der Waals surface area contributed by atoms with E-state index >= 15 is 0 Å². The lowest BCUT2D eigenvalue weighted by molar-refractivity contribution is -0.597. The van der Waals surface area contributed by atoms with Crippen LogP contribution in [0.4, 0.5) is 105 Å². The van der Waals surface area contributed by atoms with Gasteiger partial charge in [-0.15, -0.1) is 0 Å². The van der Waals surface area contributed by atoms with Crippen molar-refractivity contribution in [3.8, 4) is 0 Å². The molecule has 0 bridgehead atoms. The van der Waals surface area contributed by atoms with Crippen LogP contribution in [0.15, 0.2) is 133 Å². The normalized spacial score (nSPS) is 13.5. The van der Waals surface area contributed by atoms with E-state index in [2.05, 4.69) is 60.7 Å². The number of alkyl halides is 24. The highest BCUT2D eigenvalue weighted by atomic mass is 127. The second-order valence-corrected chi connectivity index (χ2v) is 17.9. The molecule has 0 fully saturated rings. The minimum absolute atomic E-state index is 0.0287. The summed E-state index contributed by atoms with van der Waals surface area (Å²) in [5.41, 5.74) is -30.2. The molecule has 0 aliphatic rings. The van der Waals surface area contributed by atoms with Crippen molar-refractivity contribution in [1.29, 1.82) is 0 Å². The molecule has 0 heterocycles. The molecule has 0 aromatic heterocycles. The van der Waals surface area contributed by atoms with Crippen molar-refractivity contribution in [2.24, 2.45) is 0 Å². The molecular weight excluding hydrogens is 1120 g/mol. The van der Waals surface area contributed by atoms with Gasteiger partial charge in [0.25, 0.3) is 0 Å². The Morgan fingerprint density at radius 1 is 0.229 bits per heavy atom. The van der Waals surface area contributed by atoms with E-state index < -0.39 is 195 Å². The second kappa shape index (κ2) is 19.2. The number of rotatable bonds is 6. The fourth-order valence-corrected chi connectivity index (χ4v) is 9.42. The predicted molar refractivity (Wildman–Crippen MR) is 200 cm³/mol. The summed E-state index contributed by atoms with van der Waals surface area (Å²) in [5.74, 6) is 0. The van der Waals surface area contributed by atoms with Crippen LogP contribution < -0.4 is 43.1 Å². The maximum Gasteiger partial charge on any atom is 0.416 e. The molecule has 0 saturated heterocycles. The Balaban J connectivity index is 0.000000600. The molecule has 0 N–H and O–H groups in total. The van der Waals surface area contributed by atoms with Gasteiger partial charge in [-0.1, -0.05) is 84.9 Å². The first-order valence-corrected chi connectivity index (χ1v) is 21.0. The molecule has 70 heavy (non-hydrogen) atoms. The largest absolute Gasteiger partial charge is 0.416 e. The van der Waals surface area contributed by atoms with E-state index in [1.807, 2.05) is 0 Å². The van der Waals surface area contributed by atoms with Crippen LogP contribution in [0.25, 0.3) is 0 Å². The molecule has 0 unspecified atom stereocenters. The molecule has 26 heteroatoms. The molecule has 0 radical (unpaired) electrons. The van der Waals surface area contributed by atoms with Crippen molar-refractivity contribution in [2.45, 2.75) is 49.4 Å². The summed E-state index contributed by atoms with van der Waals surface area (Å²) in [6.45, 7) is 0. The van der Waals surface area contributed by atoms with E-state index in [1.165, 1.54) is 7.14 Å². The number of benzene rings is 6. The van der Waals surface area contributed by atoms with Crippen LogP contribution in [-0.4, -0.2) is 6.15 Å². The quantitative estimate of drug-likeness (QED) is 0.0886. The molecule has 0 amide bonds. The third kappa shape index (κ3) is 13.0. The van der Waals surface area contributed by atoms with Gasteiger partial charge in [-0.3, -0.25) is 0 Å². The van der Waals surface area contributed by atoms with Crippen molar-refractivity contribution in [1.82, 2.24) is 0 Å². The maximum absolute atomic E-state index is 14.2. The van der Waals surface area contributed by atoms with Gasteiger partial charge < -0.3 is 0 Å². The fraction of sp³-hybridized carbons (Fsp3) is 0.182. The predicted octanol–water partition coefficient (Wildman–Crippen LogP) is 11.0. The molecule has 0 aliphatic heterocycles. The molecule has 376 valence electrons. The Hall–Kier alpha value is -5.57. The summed E-state index contributed by atoms with van der Waals surface area (Å²) in [6.07, 6.45) is -54.8. The van der Waals surface area contributed by atoms with E-state index in [9.17, 15) is 105 Å². The number of halogens is 25. The molecule has 0 atom stereocenters. The molecule has 0 spiro atoms. The minimum atomic E-state index is -6.13. The van der Waals surface area contributed by atoms with Gasteiger partial charge in [-0.2, -0.15) is 127 Å². The summed E-state index contributed by atoms with van der Waals surface area (Å²) in [5, 5.41) is 0. The zero-order valence-electron chi connectivity index (χ0n) is 33.7. The van der Waals surface area contributed by atoms with Gasteiger partial charge in [0.05, 0.1) is 44.5 Å². The summed E-state index contributed by atoms with van der Waals surface area (Å²) < 4.78 is 344. The van der Waals surface area contributed by atoms with Crippen LogP contribution in [0.3, 0.4) is 0 Å². The van der Waals surface area contributed by atoms with E-state index in [1.54, 1.807) is 0 Å². The number of hydrogen-bond acceptors (Lipinski definition) is 0. The SMILES string of the molecule is FC(F)(F)c1cc([B-](c2cc(C(F)(F)F)cc(C(F)(F)F)c2)(c2cc(C(F)(F)F)cc(C(F)(F)F)c2)c2cc(C(F)(F)F)cc(C(F)(F)F)c2)cc(C(F)(F)F)c1.c1ccc([I+]c2ccccc2)cc1. The molecular formula is C44H22BF24I. The smallest absolute Gasteiger partial charge is 0.194 e. The zero-order chi connectivity index (χ0) is 52.8. The Kier molecular flexibility index (Phi) is 15.2. The maximum atomic E-state index is 14.2. The van der Waals surface area contributed by atoms with Crippen LogP contribution in [0, 0.1) is 7.14 Å². The molecule has 6 rings (SSSR count). The van der Waals surface area contributed by atoms with Crippen molar-refractivity contribution < 1.29 is 127 Å². The Bertz CT molecular complexity index is 2300. The van der Waals surface area contributed by atoms with Crippen LogP contribution >= 0.6 is 0 Å². The van der Waals surface area contributed by atoms with Gasteiger partial charge in [0.2, 0.25) is 0 Å². The van der Waals surface area contributed by atoms with Crippen molar-refractivity contribution in [3.63, 3.8) is 0 Å². The minimum Gasteiger partial charge on any atom is -0.194 e. The first kappa shape index (κ1) is 55.4. The van der Waals surface area contributed by atoms with Gasteiger partial charge in [0, 0.05) is 0 Å². The van der Waals surface area contributed by atoms with Crippen LogP contribution in [-0.2, 0) is 49.4 Å². The third-order valence-electron chi connectivity index (χ3n) is 10.1. The first-order valence-electron chi connectivity index (χ1n) is 18.8. The van der Waals surface area contributed by atoms with E-state index in [-0.39, 0.29) is 21.2 Å². The summed E-state index contributed by atoms with van der Waals surface area (Å²) in [6, 6.07) is 12.6. The molecule has 6 aromatic carbocycles. The average molecular weight is 1140 g/mol. The topological polar surface area (TPSA) is 0 Å². The zero-order valence-corrected chi connectivity index (χ0v) is 35.9. The summed E-state index contributed by atoms with van der Waals surface area (Å²) in [7, 11) is 0. The van der Waals surface area contributed by atoms with Crippen molar-refractivity contribution >= 4 is 28.0 Å². The monoisotopic (exact) mass is 1140 g/mol. The van der Waals surface area contributed by atoms with Gasteiger partial charge in [0.1, 0.15) is 6.15 Å². The molecule has 0 nitrogen and oxygen atoms in total. The van der Waals surface area contributed by atoms with E-state index in [4.69, 9.17) is 0 Å². The lowest BCUT2D eigenvalue weighted by Gasteiger charge is -2.46. The van der Waals surface area contributed by atoms with Crippen molar-refractivity contribution in [2.75, 3.05) is 0 Å².